The van der Waals surface area contributed by atoms with Gasteiger partial charge in [-0.3, -0.25) is 9.52 Å². The summed E-state index contributed by atoms with van der Waals surface area (Å²) in [6, 6.07) is 13.2. The molecule has 0 spiro atoms. The number of sulfonamides is 1. The summed E-state index contributed by atoms with van der Waals surface area (Å²) in [6.07, 6.45) is 1.99. The van der Waals surface area contributed by atoms with Gasteiger partial charge in [-0.05, 0) is 36.4 Å². The lowest BCUT2D eigenvalue weighted by molar-refractivity contribution is -0.114. The fraction of sp³-hybridized carbons (Fsp3) is 0.158. The van der Waals surface area contributed by atoms with Crippen molar-refractivity contribution < 1.29 is 13.2 Å². The van der Waals surface area contributed by atoms with Crippen LogP contribution in [-0.2, 0) is 21.4 Å². The lowest BCUT2D eigenvalue weighted by atomic mass is 10.1. The first-order valence-corrected chi connectivity index (χ1v) is 11.1. The number of nitrogens with zero attached hydrogens (tertiary/aromatic N) is 2. The summed E-state index contributed by atoms with van der Waals surface area (Å²) in [5.41, 5.74) is 2.68. The Balaban J connectivity index is 1.55. The molecule has 0 bridgehead atoms. The lowest BCUT2D eigenvalue weighted by Gasteiger charge is -2.10. The first-order chi connectivity index (χ1) is 13.4. The van der Waals surface area contributed by atoms with E-state index >= 15 is 0 Å². The summed E-state index contributed by atoms with van der Waals surface area (Å²) >= 11 is 1.71. The summed E-state index contributed by atoms with van der Waals surface area (Å²) < 4.78 is 30.1. The summed E-state index contributed by atoms with van der Waals surface area (Å²) in [7, 11) is -3.75. The van der Waals surface area contributed by atoms with Gasteiger partial charge in [0.15, 0.2) is 5.16 Å². The van der Waals surface area contributed by atoms with Crippen molar-refractivity contribution in [2.45, 2.75) is 23.5 Å². The number of benzene rings is 2. The largest absolute Gasteiger partial charge is 0.326 e. The van der Waals surface area contributed by atoms with Gasteiger partial charge in [0.2, 0.25) is 5.91 Å². The van der Waals surface area contributed by atoms with Crippen molar-refractivity contribution in [3.05, 3.63) is 54.7 Å². The van der Waals surface area contributed by atoms with Gasteiger partial charge in [0.25, 0.3) is 10.0 Å². The van der Waals surface area contributed by atoms with Crippen LogP contribution < -0.4 is 10.0 Å². The maximum absolute atomic E-state index is 12.7. The van der Waals surface area contributed by atoms with E-state index in [2.05, 4.69) is 19.6 Å². The van der Waals surface area contributed by atoms with Gasteiger partial charge in [-0.15, -0.1) is 0 Å². The molecule has 0 fully saturated rings. The van der Waals surface area contributed by atoms with Crippen LogP contribution in [-0.4, -0.2) is 29.6 Å². The van der Waals surface area contributed by atoms with Crippen molar-refractivity contribution in [2.24, 2.45) is 0 Å². The number of nitrogens with one attached hydrogen (secondary N) is 2. The maximum Gasteiger partial charge on any atom is 0.261 e. The molecule has 1 aliphatic rings. The second-order valence-electron chi connectivity index (χ2n) is 6.34. The van der Waals surface area contributed by atoms with Gasteiger partial charge in [0.05, 0.1) is 10.6 Å². The van der Waals surface area contributed by atoms with Gasteiger partial charge in [0.1, 0.15) is 0 Å². The molecule has 9 heteroatoms. The van der Waals surface area contributed by atoms with E-state index in [-0.39, 0.29) is 10.8 Å². The first kappa shape index (κ1) is 18.6. The van der Waals surface area contributed by atoms with Crippen LogP contribution in [0.25, 0.3) is 11.3 Å². The van der Waals surface area contributed by atoms with Crippen molar-refractivity contribution in [1.82, 2.24) is 9.55 Å². The second-order valence-corrected chi connectivity index (χ2v) is 9.09. The van der Waals surface area contributed by atoms with E-state index in [0.29, 0.717) is 11.4 Å². The van der Waals surface area contributed by atoms with E-state index in [9.17, 15) is 13.2 Å². The van der Waals surface area contributed by atoms with Crippen molar-refractivity contribution in [3.8, 4) is 11.3 Å². The number of carbonyl (C=O) groups is 1. The number of hydrogen-bond donors (Lipinski definition) is 2. The molecule has 7 nitrogen and oxygen atoms in total. The Labute approximate surface area is 167 Å². The molecule has 0 atom stereocenters. The van der Waals surface area contributed by atoms with E-state index in [1.54, 1.807) is 42.1 Å². The number of rotatable bonds is 5. The normalized spacial score (nSPS) is 13.2. The topological polar surface area (TPSA) is 93.1 Å². The number of aryl methyl sites for hydroxylation is 1. The third-order valence-corrected chi connectivity index (χ3v) is 6.57. The van der Waals surface area contributed by atoms with Crippen LogP contribution in [0.2, 0.25) is 0 Å². The van der Waals surface area contributed by atoms with E-state index < -0.39 is 10.0 Å². The van der Waals surface area contributed by atoms with Crippen molar-refractivity contribution in [2.75, 3.05) is 15.8 Å². The Kier molecular flexibility index (Phi) is 4.86. The average molecular weight is 415 g/mol. The predicted octanol–water partition coefficient (Wildman–Crippen LogP) is 3.42. The van der Waals surface area contributed by atoms with Gasteiger partial charge in [-0.1, -0.05) is 23.9 Å². The number of thioether (sulfide) groups is 1. The number of imidazole rings is 1. The molecular formula is C19H18N4O3S2. The highest BCUT2D eigenvalue weighted by molar-refractivity contribution is 7.99. The molecule has 144 valence electrons. The number of aromatic nitrogens is 2. The molecule has 0 saturated heterocycles. The summed E-state index contributed by atoms with van der Waals surface area (Å²) in [6.45, 7) is 2.33. The summed E-state index contributed by atoms with van der Waals surface area (Å²) in [5.74, 6) is 0.817. The van der Waals surface area contributed by atoms with Crippen LogP contribution in [0.5, 0.6) is 0 Å². The molecule has 0 unspecified atom stereocenters. The Morgan fingerprint density at radius 1 is 1.14 bits per heavy atom. The van der Waals surface area contributed by atoms with Gasteiger partial charge in [-0.2, -0.15) is 0 Å². The lowest BCUT2D eigenvalue weighted by Crippen LogP contribution is -2.13. The number of amides is 1. The molecule has 2 N–H and O–H groups in total. The van der Waals surface area contributed by atoms with Gasteiger partial charge >= 0.3 is 0 Å². The minimum Gasteiger partial charge on any atom is -0.326 e. The van der Waals surface area contributed by atoms with Crippen molar-refractivity contribution in [3.63, 3.8) is 0 Å². The minimum atomic E-state index is -3.75. The molecule has 2 heterocycles. The summed E-state index contributed by atoms with van der Waals surface area (Å²) in [4.78, 5) is 15.8. The zero-order valence-corrected chi connectivity index (χ0v) is 16.7. The molecule has 28 heavy (non-hydrogen) atoms. The highest BCUT2D eigenvalue weighted by atomic mass is 32.2. The number of anilines is 2. The monoisotopic (exact) mass is 414 g/mol. The average Bonchev–Trinajstić information content (AvgIpc) is 3.23. The van der Waals surface area contributed by atoms with Gasteiger partial charge in [0, 0.05) is 42.4 Å². The van der Waals surface area contributed by atoms with Crippen molar-refractivity contribution >= 4 is 39.1 Å². The zero-order chi connectivity index (χ0) is 19.7. The van der Waals surface area contributed by atoms with Gasteiger partial charge in [-0.25, -0.2) is 13.4 Å². The molecule has 1 aromatic heterocycles. The minimum absolute atomic E-state index is 0.115. The second kappa shape index (κ2) is 7.33. The molecule has 0 aliphatic carbocycles. The highest BCUT2D eigenvalue weighted by Crippen LogP contribution is 2.30. The molecule has 4 rings (SSSR count). The number of carbonyl (C=O) groups excluding carboxylic acids is 1. The molecule has 1 aliphatic heterocycles. The Morgan fingerprint density at radius 3 is 2.64 bits per heavy atom. The quantitative estimate of drug-likeness (QED) is 0.667. The third kappa shape index (κ3) is 3.90. The maximum atomic E-state index is 12.7. The number of hydrogen-bond acceptors (Lipinski definition) is 5. The third-order valence-electron chi connectivity index (χ3n) is 4.20. The van der Waals surface area contributed by atoms with Crippen LogP contribution in [0.1, 0.15) is 6.92 Å². The standard InChI is InChI=1S/C19H18N4O3S2/c1-13(24)20-15-5-7-17(8-6-15)28(25,26)22-16-4-2-3-14(11-16)18-12-23-9-10-27-19(23)21-18/h2-8,11-12,22H,9-10H2,1H3,(H,20,24). The zero-order valence-electron chi connectivity index (χ0n) is 15.0. The number of fused-ring (bicyclic) bond motifs is 1. The SMILES string of the molecule is CC(=O)Nc1ccc(S(=O)(=O)Nc2cccc(-c3cn4c(n3)SCC4)c2)cc1. The Bertz CT molecular complexity index is 1120. The first-order valence-electron chi connectivity index (χ1n) is 8.62. The van der Waals surface area contributed by atoms with Crippen molar-refractivity contribution in [1.29, 1.82) is 0 Å². The van der Waals surface area contributed by atoms with Crippen LogP contribution in [0.4, 0.5) is 11.4 Å². The van der Waals surface area contributed by atoms with Gasteiger partial charge < -0.3 is 9.88 Å². The fourth-order valence-electron chi connectivity index (χ4n) is 2.93. The molecule has 0 radical (unpaired) electrons. The van der Waals surface area contributed by atoms with Crippen LogP contribution in [0, 0.1) is 0 Å². The predicted molar refractivity (Wildman–Crippen MR) is 110 cm³/mol. The highest BCUT2D eigenvalue weighted by Gasteiger charge is 2.17. The molecular weight excluding hydrogens is 396 g/mol. The molecule has 1 amide bonds. The van der Waals surface area contributed by atoms with E-state index in [1.807, 2.05) is 12.3 Å². The van der Waals surface area contributed by atoms with E-state index in [0.717, 1.165) is 28.7 Å². The molecule has 3 aromatic rings. The van der Waals surface area contributed by atoms with Crippen LogP contribution in [0.3, 0.4) is 0 Å². The Hall–Kier alpha value is -2.78. The van der Waals surface area contributed by atoms with E-state index in [1.165, 1.54) is 19.1 Å². The molecule has 2 aromatic carbocycles. The molecule has 0 saturated carbocycles. The summed E-state index contributed by atoms with van der Waals surface area (Å²) in [5, 5.41) is 3.60. The smallest absolute Gasteiger partial charge is 0.261 e. The fourth-order valence-corrected chi connectivity index (χ4v) is 4.92. The van der Waals surface area contributed by atoms with E-state index in [4.69, 9.17) is 0 Å². The Morgan fingerprint density at radius 2 is 1.93 bits per heavy atom. The van der Waals surface area contributed by atoms with Crippen LogP contribution in [0.15, 0.2) is 64.8 Å². The van der Waals surface area contributed by atoms with Crippen LogP contribution >= 0.6 is 11.8 Å².